The second kappa shape index (κ2) is 6.46. The first-order chi connectivity index (χ1) is 9.52. The van der Waals surface area contributed by atoms with Crippen LogP contribution in [0.25, 0.3) is 0 Å². The second-order valence-electron chi connectivity index (χ2n) is 6.22. The molecule has 1 heterocycles. The van der Waals surface area contributed by atoms with Gasteiger partial charge in [0.1, 0.15) is 0 Å². The number of hydrogen-bond acceptors (Lipinski definition) is 2. The fourth-order valence-corrected chi connectivity index (χ4v) is 3.19. The summed E-state index contributed by atoms with van der Waals surface area (Å²) >= 11 is 0. The van der Waals surface area contributed by atoms with Gasteiger partial charge in [0.2, 0.25) is 0 Å². The van der Waals surface area contributed by atoms with E-state index in [0.29, 0.717) is 25.3 Å². The highest BCUT2D eigenvalue weighted by Crippen LogP contribution is 2.28. The van der Waals surface area contributed by atoms with E-state index < -0.39 is 5.97 Å². The molecule has 5 nitrogen and oxygen atoms in total. The Morgan fingerprint density at radius 1 is 1.30 bits per heavy atom. The minimum Gasteiger partial charge on any atom is -0.481 e. The summed E-state index contributed by atoms with van der Waals surface area (Å²) in [6.45, 7) is 6.15. The van der Waals surface area contributed by atoms with Gasteiger partial charge < -0.3 is 14.9 Å². The van der Waals surface area contributed by atoms with E-state index in [-0.39, 0.29) is 18.0 Å². The van der Waals surface area contributed by atoms with Crippen LogP contribution in [0.3, 0.4) is 0 Å². The number of carboxylic acid groups (broad SMARTS) is 1. The lowest BCUT2D eigenvalue weighted by atomic mass is 9.85. The SMILES string of the molecule is CCN(CC1CCC1)C(=O)N1CCC(C(=O)O)CC1C. The largest absolute Gasteiger partial charge is 0.481 e. The molecule has 2 rings (SSSR count). The maximum absolute atomic E-state index is 12.6. The zero-order valence-electron chi connectivity index (χ0n) is 12.5. The Kier molecular flexibility index (Phi) is 4.89. The first-order valence-corrected chi connectivity index (χ1v) is 7.81. The van der Waals surface area contributed by atoms with Crippen LogP contribution < -0.4 is 0 Å². The van der Waals surface area contributed by atoms with E-state index >= 15 is 0 Å². The highest BCUT2D eigenvalue weighted by Gasteiger charge is 2.34. The van der Waals surface area contributed by atoms with Gasteiger partial charge >= 0.3 is 12.0 Å². The fraction of sp³-hybridized carbons (Fsp3) is 0.867. The summed E-state index contributed by atoms with van der Waals surface area (Å²) < 4.78 is 0. The number of piperidine rings is 1. The third-order valence-corrected chi connectivity index (χ3v) is 4.83. The first-order valence-electron chi connectivity index (χ1n) is 7.81. The number of rotatable bonds is 4. The minimum atomic E-state index is -0.731. The summed E-state index contributed by atoms with van der Waals surface area (Å²) in [5.41, 5.74) is 0. The maximum atomic E-state index is 12.6. The van der Waals surface area contributed by atoms with Crippen LogP contribution in [0, 0.1) is 11.8 Å². The molecule has 0 aromatic heterocycles. The lowest BCUT2D eigenvalue weighted by Crippen LogP contribution is -2.52. The highest BCUT2D eigenvalue weighted by atomic mass is 16.4. The maximum Gasteiger partial charge on any atom is 0.320 e. The van der Waals surface area contributed by atoms with Crippen molar-refractivity contribution < 1.29 is 14.7 Å². The van der Waals surface area contributed by atoms with Crippen LogP contribution in [0.1, 0.15) is 46.0 Å². The van der Waals surface area contributed by atoms with Crippen LogP contribution in [0.4, 0.5) is 4.79 Å². The Balaban J connectivity index is 1.91. The van der Waals surface area contributed by atoms with Crippen molar-refractivity contribution >= 4 is 12.0 Å². The van der Waals surface area contributed by atoms with E-state index in [2.05, 4.69) is 0 Å². The van der Waals surface area contributed by atoms with Gasteiger partial charge in [-0.15, -0.1) is 0 Å². The van der Waals surface area contributed by atoms with Gasteiger partial charge in [0, 0.05) is 25.7 Å². The number of likely N-dealkylation sites (tertiary alicyclic amines) is 1. The number of aliphatic carboxylic acids is 1. The van der Waals surface area contributed by atoms with Crippen LogP contribution in [-0.2, 0) is 4.79 Å². The number of carbonyl (C=O) groups is 2. The van der Waals surface area contributed by atoms with E-state index in [1.807, 2.05) is 23.6 Å². The normalized spacial score (nSPS) is 27.0. The molecule has 2 atom stereocenters. The number of urea groups is 1. The van der Waals surface area contributed by atoms with Crippen LogP contribution in [0.15, 0.2) is 0 Å². The van der Waals surface area contributed by atoms with Crippen LogP contribution in [0.5, 0.6) is 0 Å². The molecule has 114 valence electrons. The lowest BCUT2D eigenvalue weighted by Gasteiger charge is -2.40. The fourth-order valence-electron chi connectivity index (χ4n) is 3.19. The van der Waals surface area contributed by atoms with Gasteiger partial charge in [-0.25, -0.2) is 4.79 Å². The van der Waals surface area contributed by atoms with Gasteiger partial charge in [-0.2, -0.15) is 0 Å². The van der Waals surface area contributed by atoms with Crippen molar-refractivity contribution in [3.8, 4) is 0 Å². The molecule has 1 saturated heterocycles. The lowest BCUT2D eigenvalue weighted by molar-refractivity contribution is -0.143. The summed E-state index contributed by atoms with van der Waals surface area (Å²) in [5, 5.41) is 9.08. The third-order valence-electron chi connectivity index (χ3n) is 4.83. The standard InChI is InChI=1S/C15H26N2O3/c1-3-16(10-12-5-4-6-12)15(20)17-8-7-13(14(18)19)9-11(17)2/h11-13H,3-10H2,1-2H3,(H,18,19). The molecule has 2 unspecified atom stereocenters. The molecule has 0 radical (unpaired) electrons. The molecule has 0 spiro atoms. The molecule has 2 fully saturated rings. The number of carbonyl (C=O) groups excluding carboxylic acids is 1. The molecule has 20 heavy (non-hydrogen) atoms. The average Bonchev–Trinajstić information content (AvgIpc) is 2.36. The van der Waals surface area contributed by atoms with Crippen molar-refractivity contribution in [1.82, 2.24) is 9.80 Å². The van der Waals surface area contributed by atoms with E-state index in [1.54, 1.807) is 0 Å². The van der Waals surface area contributed by atoms with Crippen molar-refractivity contribution in [2.75, 3.05) is 19.6 Å². The number of amides is 2. The summed E-state index contributed by atoms with van der Waals surface area (Å²) in [4.78, 5) is 27.4. The molecule has 1 saturated carbocycles. The Labute approximate surface area is 120 Å². The van der Waals surface area contributed by atoms with Gasteiger partial charge in [0.05, 0.1) is 5.92 Å². The van der Waals surface area contributed by atoms with Gasteiger partial charge in [-0.05, 0) is 45.4 Å². The Hall–Kier alpha value is -1.26. The van der Waals surface area contributed by atoms with Crippen LogP contribution in [-0.4, -0.2) is 52.6 Å². The topological polar surface area (TPSA) is 60.9 Å². The van der Waals surface area contributed by atoms with Crippen molar-refractivity contribution in [3.05, 3.63) is 0 Å². The minimum absolute atomic E-state index is 0.0211. The molecule has 0 aromatic carbocycles. The molecule has 0 bridgehead atoms. The summed E-state index contributed by atoms with van der Waals surface area (Å²) in [5.74, 6) is -0.354. The predicted molar refractivity (Wildman–Crippen MR) is 76.5 cm³/mol. The molecule has 2 amide bonds. The molecule has 5 heteroatoms. The third kappa shape index (κ3) is 3.25. The molecule has 1 aliphatic carbocycles. The van der Waals surface area contributed by atoms with Crippen molar-refractivity contribution in [2.24, 2.45) is 11.8 Å². The Bertz CT molecular complexity index is 368. The smallest absolute Gasteiger partial charge is 0.320 e. The summed E-state index contributed by atoms with van der Waals surface area (Å²) in [6, 6.07) is 0.114. The molecular formula is C15H26N2O3. The zero-order chi connectivity index (χ0) is 14.7. The van der Waals surface area contributed by atoms with Crippen molar-refractivity contribution in [2.45, 2.75) is 52.0 Å². The monoisotopic (exact) mass is 282 g/mol. The molecular weight excluding hydrogens is 256 g/mol. The van der Waals surface area contributed by atoms with Gasteiger partial charge in [-0.1, -0.05) is 6.42 Å². The van der Waals surface area contributed by atoms with E-state index in [9.17, 15) is 9.59 Å². The number of hydrogen-bond donors (Lipinski definition) is 1. The van der Waals surface area contributed by atoms with Gasteiger partial charge in [0.25, 0.3) is 0 Å². The summed E-state index contributed by atoms with van der Waals surface area (Å²) in [7, 11) is 0. The first kappa shape index (κ1) is 15.1. The van der Waals surface area contributed by atoms with E-state index in [0.717, 1.165) is 13.1 Å². The second-order valence-corrected chi connectivity index (χ2v) is 6.22. The number of nitrogens with zero attached hydrogens (tertiary/aromatic N) is 2. The van der Waals surface area contributed by atoms with Crippen molar-refractivity contribution in [3.63, 3.8) is 0 Å². The van der Waals surface area contributed by atoms with Crippen molar-refractivity contribution in [1.29, 1.82) is 0 Å². The molecule has 1 aliphatic heterocycles. The van der Waals surface area contributed by atoms with Crippen LogP contribution in [0.2, 0.25) is 0 Å². The highest BCUT2D eigenvalue weighted by molar-refractivity contribution is 5.76. The number of carboxylic acids is 1. The van der Waals surface area contributed by atoms with Gasteiger partial charge in [0.15, 0.2) is 0 Å². The Morgan fingerprint density at radius 3 is 2.45 bits per heavy atom. The summed E-state index contributed by atoms with van der Waals surface area (Å²) in [6.07, 6.45) is 4.91. The molecule has 0 aromatic rings. The predicted octanol–water partition coefficient (Wildman–Crippen LogP) is 2.41. The molecule has 2 aliphatic rings. The Morgan fingerprint density at radius 2 is 2.00 bits per heavy atom. The van der Waals surface area contributed by atoms with Crippen LogP contribution >= 0.6 is 0 Å². The molecule has 1 N–H and O–H groups in total. The van der Waals surface area contributed by atoms with E-state index in [1.165, 1.54) is 19.3 Å². The quantitative estimate of drug-likeness (QED) is 0.861. The van der Waals surface area contributed by atoms with E-state index in [4.69, 9.17) is 5.11 Å². The zero-order valence-corrected chi connectivity index (χ0v) is 12.5. The average molecular weight is 282 g/mol. The van der Waals surface area contributed by atoms with Gasteiger partial charge in [-0.3, -0.25) is 4.79 Å².